The molecule has 28 heavy (non-hydrogen) atoms. The summed E-state index contributed by atoms with van der Waals surface area (Å²) in [7, 11) is 1.64. The highest BCUT2D eigenvalue weighted by Crippen LogP contribution is 2.22. The largest absolute Gasteiger partial charge is 0.497 e. The minimum atomic E-state index is 0.368. The maximum absolute atomic E-state index is 5.97. The van der Waals surface area contributed by atoms with Crippen molar-refractivity contribution in [1.29, 1.82) is 0 Å². The zero-order valence-electron chi connectivity index (χ0n) is 15.7. The smallest absolute Gasteiger partial charge is 0.148 e. The Balaban J connectivity index is 1.51. The molecule has 142 valence electrons. The van der Waals surface area contributed by atoms with Gasteiger partial charge in [0.1, 0.15) is 36.3 Å². The van der Waals surface area contributed by atoms with Gasteiger partial charge in [0.2, 0.25) is 0 Å². The molecule has 0 radical (unpaired) electrons. The van der Waals surface area contributed by atoms with Crippen LogP contribution in [0.4, 0.5) is 0 Å². The number of fused-ring (bicyclic) bond motifs is 1. The van der Waals surface area contributed by atoms with Gasteiger partial charge in [-0.1, -0.05) is 36.4 Å². The fourth-order valence-electron chi connectivity index (χ4n) is 3.10. The molecule has 0 fully saturated rings. The number of aromatic nitrogens is 2. The Morgan fingerprint density at radius 1 is 0.786 bits per heavy atom. The molecule has 0 atom stereocenters. The second-order valence-corrected chi connectivity index (χ2v) is 6.30. The fraction of sp³-hybridized carbons (Fsp3) is 0.174. The van der Waals surface area contributed by atoms with Gasteiger partial charge in [0.25, 0.3) is 0 Å². The number of benzene rings is 3. The Bertz CT molecular complexity index is 1040. The van der Waals surface area contributed by atoms with Crippen LogP contribution in [-0.4, -0.2) is 23.3 Å². The van der Waals surface area contributed by atoms with Crippen LogP contribution in [0.25, 0.3) is 11.0 Å². The van der Waals surface area contributed by atoms with Gasteiger partial charge in [0, 0.05) is 6.07 Å². The molecule has 0 N–H and O–H groups in total. The molecule has 4 aromatic rings. The third kappa shape index (κ3) is 4.09. The van der Waals surface area contributed by atoms with Crippen LogP contribution in [0.2, 0.25) is 0 Å². The molecule has 0 amide bonds. The summed E-state index contributed by atoms with van der Waals surface area (Å²) in [6.07, 6.45) is 0. The Morgan fingerprint density at radius 2 is 1.54 bits per heavy atom. The van der Waals surface area contributed by atoms with Crippen molar-refractivity contribution in [3.05, 3.63) is 84.7 Å². The van der Waals surface area contributed by atoms with E-state index < -0.39 is 0 Å². The molecule has 3 aromatic carbocycles. The average molecular weight is 374 g/mol. The van der Waals surface area contributed by atoms with Crippen LogP contribution in [0.1, 0.15) is 5.82 Å². The normalized spacial score (nSPS) is 10.8. The van der Waals surface area contributed by atoms with Crippen LogP contribution >= 0.6 is 0 Å². The number of nitrogens with zero attached hydrogens (tertiary/aromatic N) is 2. The fourth-order valence-corrected chi connectivity index (χ4v) is 3.10. The van der Waals surface area contributed by atoms with Crippen molar-refractivity contribution in [3.8, 4) is 17.2 Å². The van der Waals surface area contributed by atoms with Crippen molar-refractivity contribution in [2.75, 3.05) is 13.7 Å². The highest BCUT2D eigenvalue weighted by molar-refractivity contribution is 5.75. The zero-order chi connectivity index (χ0) is 19.2. The van der Waals surface area contributed by atoms with Gasteiger partial charge in [0.05, 0.1) is 24.7 Å². The van der Waals surface area contributed by atoms with Gasteiger partial charge in [-0.05, 0) is 36.4 Å². The molecule has 0 unspecified atom stereocenters. The maximum atomic E-state index is 5.97. The number of hydrogen-bond donors (Lipinski definition) is 0. The van der Waals surface area contributed by atoms with Gasteiger partial charge in [-0.25, -0.2) is 4.98 Å². The first-order valence-corrected chi connectivity index (χ1v) is 9.22. The number of ether oxygens (including phenoxy) is 3. The molecular formula is C23H22N2O3. The number of hydrogen-bond acceptors (Lipinski definition) is 4. The molecule has 0 aliphatic heterocycles. The van der Waals surface area contributed by atoms with Gasteiger partial charge >= 0.3 is 0 Å². The minimum absolute atomic E-state index is 0.368. The van der Waals surface area contributed by atoms with Crippen molar-refractivity contribution in [2.24, 2.45) is 0 Å². The van der Waals surface area contributed by atoms with Crippen LogP contribution in [0.3, 0.4) is 0 Å². The molecule has 0 bridgehead atoms. The van der Waals surface area contributed by atoms with E-state index in [2.05, 4.69) is 10.6 Å². The third-order valence-electron chi connectivity index (χ3n) is 4.47. The summed E-state index contributed by atoms with van der Waals surface area (Å²) in [6, 6.07) is 25.5. The van der Waals surface area contributed by atoms with Crippen molar-refractivity contribution >= 4 is 11.0 Å². The van der Waals surface area contributed by atoms with Gasteiger partial charge < -0.3 is 18.8 Å². The number of imidazole rings is 1. The zero-order valence-corrected chi connectivity index (χ0v) is 15.7. The standard InChI is InChI=1S/C23H22N2O3/c1-26-19-10-7-11-20(16-19)28-17-23-24-21-12-5-6-13-22(21)25(23)14-15-27-18-8-3-2-4-9-18/h2-13,16H,14-15,17H2,1H3. The average Bonchev–Trinajstić information content (AvgIpc) is 3.11. The molecule has 5 heteroatoms. The summed E-state index contributed by atoms with van der Waals surface area (Å²) in [5.41, 5.74) is 2.02. The monoisotopic (exact) mass is 374 g/mol. The predicted molar refractivity (Wildman–Crippen MR) is 109 cm³/mol. The SMILES string of the molecule is COc1cccc(OCc2nc3ccccc3n2CCOc2ccccc2)c1. The number of methoxy groups -OCH3 is 1. The Labute approximate surface area is 164 Å². The molecule has 0 saturated heterocycles. The van der Waals surface area contributed by atoms with Gasteiger partial charge in [-0.3, -0.25) is 0 Å². The highest BCUT2D eigenvalue weighted by Gasteiger charge is 2.11. The first-order valence-electron chi connectivity index (χ1n) is 9.22. The molecule has 0 aliphatic carbocycles. The first-order chi connectivity index (χ1) is 13.8. The summed E-state index contributed by atoms with van der Waals surface area (Å²) in [4.78, 5) is 4.75. The summed E-state index contributed by atoms with van der Waals surface area (Å²) < 4.78 is 19.2. The van der Waals surface area contributed by atoms with Gasteiger partial charge in [0.15, 0.2) is 0 Å². The van der Waals surface area contributed by atoms with E-state index in [1.54, 1.807) is 7.11 Å². The summed E-state index contributed by atoms with van der Waals surface area (Å²) in [5.74, 6) is 3.24. The van der Waals surface area contributed by atoms with Crippen LogP contribution in [0.5, 0.6) is 17.2 Å². The molecular weight excluding hydrogens is 352 g/mol. The quantitative estimate of drug-likeness (QED) is 0.448. The number of para-hydroxylation sites is 3. The molecule has 1 heterocycles. The molecule has 0 aliphatic rings. The molecule has 4 rings (SSSR count). The van der Waals surface area contributed by atoms with Crippen molar-refractivity contribution in [3.63, 3.8) is 0 Å². The summed E-state index contributed by atoms with van der Waals surface area (Å²) in [6.45, 7) is 1.61. The Morgan fingerprint density at radius 3 is 2.39 bits per heavy atom. The second-order valence-electron chi connectivity index (χ2n) is 6.30. The topological polar surface area (TPSA) is 45.5 Å². The lowest BCUT2D eigenvalue weighted by atomic mass is 10.3. The van der Waals surface area contributed by atoms with E-state index in [0.717, 1.165) is 34.1 Å². The van der Waals surface area contributed by atoms with Crippen LogP contribution in [0, 0.1) is 0 Å². The first kappa shape index (κ1) is 17.9. The Hall–Kier alpha value is -3.47. The number of rotatable bonds is 8. The van der Waals surface area contributed by atoms with Crippen LogP contribution in [-0.2, 0) is 13.2 Å². The highest BCUT2D eigenvalue weighted by atomic mass is 16.5. The summed E-state index contributed by atoms with van der Waals surface area (Å²) in [5, 5.41) is 0. The maximum Gasteiger partial charge on any atom is 0.148 e. The second kappa shape index (κ2) is 8.48. The van der Waals surface area contributed by atoms with Crippen molar-refractivity contribution < 1.29 is 14.2 Å². The van der Waals surface area contributed by atoms with Crippen molar-refractivity contribution in [2.45, 2.75) is 13.2 Å². The molecule has 5 nitrogen and oxygen atoms in total. The molecule has 0 spiro atoms. The summed E-state index contributed by atoms with van der Waals surface area (Å²) >= 11 is 0. The van der Waals surface area contributed by atoms with Crippen LogP contribution < -0.4 is 14.2 Å². The van der Waals surface area contributed by atoms with Gasteiger partial charge in [-0.15, -0.1) is 0 Å². The van der Waals surface area contributed by atoms with E-state index in [0.29, 0.717) is 19.8 Å². The van der Waals surface area contributed by atoms with E-state index in [1.807, 2.05) is 72.8 Å². The minimum Gasteiger partial charge on any atom is -0.497 e. The van der Waals surface area contributed by atoms with E-state index in [-0.39, 0.29) is 0 Å². The van der Waals surface area contributed by atoms with Gasteiger partial charge in [-0.2, -0.15) is 0 Å². The van der Waals surface area contributed by atoms with E-state index in [9.17, 15) is 0 Å². The lowest BCUT2D eigenvalue weighted by Gasteiger charge is -2.12. The lowest BCUT2D eigenvalue weighted by molar-refractivity contribution is 0.271. The third-order valence-corrected chi connectivity index (χ3v) is 4.47. The van der Waals surface area contributed by atoms with E-state index in [4.69, 9.17) is 19.2 Å². The predicted octanol–water partition coefficient (Wildman–Crippen LogP) is 4.70. The van der Waals surface area contributed by atoms with E-state index >= 15 is 0 Å². The van der Waals surface area contributed by atoms with E-state index in [1.165, 1.54) is 0 Å². The van der Waals surface area contributed by atoms with Crippen LogP contribution in [0.15, 0.2) is 78.9 Å². The Kier molecular flexibility index (Phi) is 5.43. The molecule has 0 saturated carbocycles. The molecule has 1 aromatic heterocycles. The lowest BCUT2D eigenvalue weighted by Crippen LogP contribution is -2.13. The van der Waals surface area contributed by atoms with Crippen molar-refractivity contribution in [1.82, 2.24) is 9.55 Å².